The maximum atomic E-state index is 13.2. The van der Waals surface area contributed by atoms with E-state index in [4.69, 9.17) is 4.74 Å². The van der Waals surface area contributed by atoms with Crippen LogP contribution in [0.1, 0.15) is 43.0 Å². The number of rotatable bonds is 7. The van der Waals surface area contributed by atoms with Crippen molar-refractivity contribution in [1.29, 1.82) is 0 Å². The maximum absolute atomic E-state index is 13.2. The quantitative estimate of drug-likeness (QED) is 0.478. The van der Waals surface area contributed by atoms with Crippen molar-refractivity contribution in [2.45, 2.75) is 44.8 Å². The van der Waals surface area contributed by atoms with Gasteiger partial charge in [-0.15, -0.1) is 5.10 Å². The number of anilines is 1. The number of nitrogens with zero attached hydrogens (tertiary/aromatic N) is 3. The predicted molar refractivity (Wildman–Crippen MR) is 137 cm³/mol. The van der Waals surface area contributed by atoms with Gasteiger partial charge in [-0.25, -0.2) is 9.48 Å². The lowest BCUT2D eigenvalue weighted by molar-refractivity contribution is 0.0883. The number of hydrogen-bond donors (Lipinski definition) is 3. The Balaban J connectivity index is 1.59. The smallest absolute Gasteiger partial charge is 0.320 e. The second kappa shape index (κ2) is 10.1. The number of carbonyl (C=O) groups is 1. The van der Waals surface area contributed by atoms with Crippen LogP contribution in [0.15, 0.2) is 54.6 Å². The minimum absolute atomic E-state index is 0.175. The van der Waals surface area contributed by atoms with Crippen LogP contribution in [0.3, 0.4) is 0 Å². The molecule has 3 aromatic rings. The van der Waals surface area contributed by atoms with E-state index in [-0.39, 0.29) is 5.41 Å². The van der Waals surface area contributed by atoms with E-state index in [2.05, 4.69) is 35.6 Å². The zero-order chi connectivity index (χ0) is 25.2. The molecule has 186 valence electrons. The van der Waals surface area contributed by atoms with Gasteiger partial charge in [-0.3, -0.25) is 5.32 Å². The molecular weight excluding hydrogens is 442 g/mol. The lowest BCUT2D eigenvalue weighted by atomic mass is 9.70. The number of fused-ring (bicyclic) bond motifs is 1. The molecule has 4 rings (SSSR count). The molecule has 2 unspecified atom stereocenters. The molecule has 1 aliphatic carbocycles. The summed E-state index contributed by atoms with van der Waals surface area (Å²) in [7, 11) is 3.96. The molecule has 1 aliphatic rings. The van der Waals surface area contributed by atoms with E-state index in [1.165, 1.54) is 0 Å². The highest BCUT2D eigenvalue weighted by Crippen LogP contribution is 2.41. The number of benzene rings is 2. The molecular formula is C27H35N5O3. The van der Waals surface area contributed by atoms with Crippen molar-refractivity contribution >= 4 is 11.8 Å². The van der Waals surface area contributed by atoms with Crippen molar-refractivity contribution in [3.63, 3.8) is 0 Å². The van der Waals surface area contributed by atoms with Crippen LogP contribution < -0.4 is 15.4 Å². The molecule has 2 atom stereocenters. The Hall–Kier alpha value is -3.36. The summed E-state index contributed by atoms with van der Waals surface area (Å²) < 4.78 is 7.60. The number of para-hydroxylation sites is 1. The normalized spacial score (nSPS) is 18.7. The van der Waals surface area contributed by atoms with Crippen LogP contribution in [0.2, 0.25) is 0 Å². The number of aliphatic hydroxyl groups excluding tert-OH is 1. The number of hydrogen-bond acceptors (Lipinski definition) is 5. The minimum Gasteiger partial charge on any atom is -0.475 e. The standard InChI is InChI=1S/C27H35N5O3/c1-18-24(32(19-11-7-6-8-12-19)30-25(18)35-16-15-31(4)5)29-26(34)28-23-20-13-9-10-14-21(20)27(2,3)17-22(23)33/h6-14,22-23,33H,15-17H2,1-5H3,(H2,28,29,34). The molecule has 0 saturated carbocycles. The van der Waals surface area contributed by atoms with Crippen molar-refractivity contribution in [3.05, 3.63) is 71.3 Å². The number of aliphatic hydroxyl groups is 1. The highest BCUT2D eigenvalue weighted by molar-refractivity contribution is 5.90. The van der Waals surface area contributed by atoms with Crippen LogP contribution in [0.5, 0.6) is 5.88 Å². The summed E-state index contributed by atoms with van der Waals surface area (Å²) in [5, 5.41) is 21.5. The van der Waals surface area contributed by atoms with Crippen molar-refractivity contribution < 1.29 is 14.6 Å². The van der Waals surface area contributed by atoms with E-state index in [1.54, 1.807) is 4.68 Å². The molecule has 2 amide bonds. The summed E-state index contributed by atoms with van der Waals surface area (Å²) in [4.78, 5) is 15.3. The van der Waals surface area contributed by atoms with E-state index in [0.717, 1.165) is 28.9 Å². The summed E-state index contributed by atoms with van der Waals surface area (Å²) in [6.45, 7) is 7.33. The second-order valence-corrected chi connectivity index (χ2v) is 10.00. The molecule has 8 nitrogen and oxygen atoms in total. The molecule has 0 aliphatic heterocycles. The molecule has 3 N–H and O–H groups in total. The Bertz CT molecular complexity index is 1170. The number of likely N-dealkylation sites (N-methyl/N-ethyl adjacent to an activating group) is 1. The average Bonchev–Trinajstić information content (AvgIpc) is 3.12. The van der Waals surface area contributed by atoms with Crippen molar-refractivity contribution in [3.8, 4) is 11.6 Å². The van der Waals surface area contributed by atoms with Gasteiger partial charge in [0, 0.05) is 6.54 Å². The topological polar surface area (TPSA) is 91.7 Å². The third-order valence-electron chi connectivity index (χ3n) is 6.50. The Kier molecular flexibility index (Phi) is 7.14. The first-order valence-corrected chi connectivity index (χ1v) is 11.9. The van der Waals surface area contributed by atoms with Gasteiger partial charge in [0.15, 0.2) is 0 Å². The molecule has 0 spiro atoms. The first kappa shape index (κ1) is 24.8. The Morgan fingerprint density at radius 1 is 1.17 bits per heavy atom. The monoisotopic (exact) mass is 477 g/mol. The van der Waals surface area contributed by atoms with E-state index in [9.17, 15) is 9.90 Å². The van der Waals surface area contributed by atoms with Crippen molar-refractivity contribution in [2.24, 2.45) is 0 Å². The van der Waals surface area contributed by atoms with Gasteiger partial charge in [-0.1, -0.05) is 56.3 Å². The van der Waals surface area contributed by atoms with Crippen LogP contribution in [0.4, 0.5) is 10.6 Å². The molecule has 2 aromatic carbocycles. The molecule has 35 heavy (non-hydrogen) atoms. The molecule has 0 saturated heterocycles. The zero-order valence-electron chi connectivity index (χ0n) is 21.1. The van der Waals surface area contributed by atoms with Crippen molar-refractivity contribution in [1.82, 2.24) is 20.0 Å². The lowest BCUT2D eigenvalue weighted by Gasteiger charge is -2.40. The predicted octanol–water partition coefficient (Wildman–Crippen LogP) is 4.03. The van der Waals surface area contributed by atoms with Crippen LogP contribution in [0.25, 0.3) is 5.69 Å². The fourth-order valence-corrected chi connectivity index (χ4v) is 4.64. The minimum atomic E-state index is -0.698. The van der Waals surface area contributed by atoms with Crippen LogP contribution in [0, 0.1) is 6.92 Å². The van der Waals surface area contributed by atoms with E-state index >= 15 is 0 Å². The summed E-state index contributed by atoms with van der Waals surface area (Å²) in [6, 6.07) is 16.6. The second-order valence-electron chi connectivity index (χ2n) is 10.00. The van der Waals surface area contributed by atoms with Gasteiger partial charge in [0.05, 0.1) is 23.4 Å². The summed E-state index contributed by atoms with van der Waals surface area (Å²) in [6.07, 6.45) is -0.143. The van der Waals surface area contributed by atoms with Crippen LogP contribution >= 0.6 is 0 Å². The van der Waals surface area contributed by atoms with Gasteiger partial charge in [0.25, 0.3) is 0 Å². The van der Waals surface area contributed by atoms with E-state index in [0.29, 0.717) is 24.7 Å². The number of aromatic nitrogens is 2. The van der Waals surface area contributed by atoms with Gasteiger partial charge in [-0.2, -0.15) is 0 Å². The number of nitrogens with one attached hydrogen (secondary N) is 2. The van der Waals surface area contributed by atoms with Crippen molar-refractivity contribution in [2.75, 3.05) is 32.6 Å². The maximum Gasteiger partial charge on any atom is 0.320 e. The number of urea groups is 1. The highest BCUT2D eigenvalue weighted by atomic mass is 16.5. The SMILES string of the molecule is Cc1c(OCCN(C)C)nn(-c2ccccc2)c1NC(=O)NC1c2ccccc2C(C)(C)CC1O. The highest BCUT2D eigenvalue weighted by Gasteiger charge is 2.39. The Morgan fingerprint density at radius 3 is 2.57 bits per heavy atom. The Labute approximate surface area is 206 Å². The van der Waals surface area contributed by atoms with Gasteiger partial charge >= 0.3 is 6.03 Å². The number of amides is 2. The molecule has 1 aromatic heterocycles. The third kappa shape index (κ3) is 5.33. The fourth-order valence-electron chi connectivity index (χ4n) is 4.64. The number of ether oxygens (including phenoxy) is 1. The fraction of sp³-hybridized carbons (Fsp3) is 0.407. The Morgan fingerprint density at radius 2 is 1.86 bits per heavy atom. The summed E-state index contributed by atoms with van der Waals surface area (Å²) in [5.41, 5.74) is 3.43. The van der Waals surface area contributed by atoms with Gasteiger partial charge < -0.3 is 20.1 Å². The summed E-state index contributed by atoms with van der Waals surface area (Å²) in [5.74, 6) is 0.989. The lowest BCUT2D eigenvalue weighted by Crippen LogP contribution is -2.45. The van der Waals surface area contributed by atoms with Gasteiger partial charge in [-0.05, 0) is 56.1 Å². The van der Waals surface area contributed by atoms with Gasteiger partial charge in [0.2, 0.25) is 5.88 Å². The average molecular weight is 478 g/mol. The third-order valence-corrected chi connectivity index (χ3v) is 6.50. The summed E-state index contributed by atoms with van der Waals surface area (Å²) >= 11 is 0. The molecule has 0 fully saturated rings. The first-order valence-electron chi connectivity index (χ1n) is 11.9. The number of carbonyl (C=O) groups excluding carboxylic acids is 1. The van der Waals surface area contributed by atoms with E-state index < -0.39 is 18.2 Å². The van der Waals surface area contributed by atoms with Gasteiger partial charge in [0.1, 0.15) is 12.4 Å². The van der Waals surface area contributed by atoms with Crippen LogP contribution in [-0.2, 0) is 5.41 Å². The largest absolute Gasteiger partial charge is 0.475 e. The zero-order valence-corrected chi connectivity index (χ0v) is 21.1. The first-order chi connectivity index (χ1) is 16.7. The molecule has 0 radical (unpaired) electrons. The molecule has 1 heterocycles. The van der Waals surface area contributed by atoms with Crippen LogP contribution in [-0.4, -0.2) is 59.2 Å². The molecule has 8 heteroatoms. The molecule has 0 bridgehead atoms. The van der Waals surface area contributed by atoms with E-state index in [1.807, 2.05) is 74.4 Å².